The van der Waals surface area contributed by atoms with Crippen molar-refractivity contribution in [3.8, 4) is 0 Å². The fourth-order valence-electron chi connectivity index (χ4n) is 15.4. The van der Waals surface area contributed by atoms with Crippen molar-refractivity contribution in [2.45, 2.75) is 189 Å². The number of allylic oxidation sites excluding steroid dienone is 6. The minimum atomic E-state index is -5.07. The first kappa shape index (κ1) is 68.9. The summed E-state index contributed by atoms with van der Waals surface area (Å²) in [6, 6.07) is 2.67. The largest absolute Gasteiger partial charge is 0.481 e. The average Bonchev–Trinajstić information content (AvgIpc) is 1.53. The first-order valence-corrected chi connectivity index (χ1v) is 32.0. The van der Waals surface area contributed by atoms with E-state index in [4.69, 9.17) is 57.4 Å². The number of aliphatic hydroxyl groups excluding tert-OH is 2. The zero-order chi connectivity index (χ0) is 66.7. The van der Waals surface area contributed by atoms with E-state index in [2.05, 4.69) is 15.6 Å². The van der Waals surface area contributed by atoms with Crippen molar-refractivity contribution in [1.82, 2.24) is 20.2 Å². The van der Waals surface area contributed by atoms with Gasteiger partial charge in [0.05, 0.1) is 41.7 Å². The zero-order valence-corrected chi connectivity index (χ0v) is 54.0. The van der Waals surface area contributed by atoms with Crippen LogP contribution in [0.1, 0.15) is 150 Å². The molecule has 6 aliphatic heterocycles. The maximum Gasteiger partial charge on any atom is 0.472 e. The lowest BCUT2D eigenvalue weighted by Crippen LogP contribution is -2.56. The van der Waals surface area contributed by atoms with E-state index in [1.165, 1.54) is 13.3 Å². The van der Waals surface area contributed by atoms with Crippen LogP contribution in [0.15, 0.2) is 67.8 Å². The Kier molecular flexibility index (Phi) is 19.6. The van der Waals surface area contributed by atoms with Crippen molar-refractivity contribution >= 4 is 77.4 Å². The molecule has 492 valence electrons. The monoisotopic (exact) mass is 1270 g/mol. The molecule has 2 fully saturated rings. The summed E-state index contributed by atoms with van der Waals surface area (Å²) >= 11 is 0. The third-order valence-corrected chi connectivity index (χ3v) is 21.7. The minimum Gasteiger partial charge on any atom is -0.481 e. The lowest BCUT2D eigenvalue weighted by Gasteiger charge is -2.48. The number of carbonyl (C=O) groups excluding carboxylic acids is 6. The molecule has 27 nitrogen and oxygen atoms in total. The van der Waals surface area contributed by atoms with E-state index in [0.29, 0.717) is 56.4 Å². The molecule has 6 amide bonds. The smallest absolute Gasteiger partial charge is 0.472 e. The van der Waals surface area contributed by atoms with E-state index < -0.39 is 143 Å². The van der Waals surface area contributed by atoms with Crippen LogP contribution in [0.2, 0.25) is 0 Å². The number of imidazole rings is 1. The molecule has 0 spiro atoms. The number of aliphatic imine (C=N–C) groups is 3. The van der Waals surface area contributed by atoms with Gasteiger partial charge < -0.3 is 68.8 Å². The average molecular weight is 1270 g/mol. The fourth-order valence-corrected chi connectivity index (χ4v) is 16.6. The van der Waals surface area contributed by atoms with Crippen molar-refractivity contribution < 1.29 is 72.1 Å². The zero-order valence-electron chi connectivity index (χ0n) is 53.1. The molecule has 15 atom stereocenters. The number of aliphatic hydroxyl groups is 2. The Labute approximate surface area is 522 Å². The minimum absolute atomic E-state index is 0.0314. The maximum atomic E-state index is 14.4. The van der Waals surface area contributed by atoms with Crippen LogP contribution in [0.4, 0.5) is 0 Å². The van der Waals surface area contributed by atoms with Gasteiger partial charge in [-0.1, -0.05) is 34.6 Å². The molecule has 15 unspecified atom stereocenters. The van der Waals surface area contributed by atoms with E-state index >= 15 is 0 Å². The summed E-state index contributed by atoms with van der Waals surface area (Å²) in [6.07, 6.45) is -4.80. The summed E-state index contributed by atoms with van der Waals surface area (Å²) in [5.41, 5.74) is 31.1. The van der Waals surface area contributed by atoms with Crippen molar-refractivity contribution in [2.75, 3.05) is 13.2 Å². The number of nitrogens with two attached hydrogens (primary N) is 5. The number of rotatable bonds is 26. The summed E-state index contributed by atoms with van der Waals surface area (Å²) in [7, 11) is -5.07. The molecule has 0 radical (unpaired) electrons. The van der Waals surface area contributed by atoms with Crippen LogP contribution in [0.25, 0.3) is 11.0 Å². The second kappa shape index (κ2) is 25.6. The Hall–Kier alpha value is -7.00. The van der Waals surface area contributed by atoms with Gasteiger partial charge in [-0.15, -0.1) is 0 Å². The number of ether oxygens (including phenoxy) is 1. The van der Waals surface area contributed by atoms with Gasteiger partial charge >= 0.3 is 13.8 Å². The highest BCUT2D eigenvalue weighted by molar-refractivity contribution is 7.47. The first-order chi connectivity index (χ1) is 41.8. The molecule has 8 bridgehead atoms. The van der Waals surface area contributed by atoms with Crippen LogP contribution in [0.5, 0.6) is 0 Å². The quantitative estimate of drug-likeness (QED) is 0.0597. The summed E-state index contributed by atoms with van der Waals surface area (Å²) < 4.78 is 32.2. The third-order valence-electron chi connectivity index (χ3n) is 20.6. The predicted molar refractivity (Wildman–Crippen MR) is 332 cm³/mol. The van der Waals surface area contributed by atoms with Gasteiger partial charge in [-0.3, -0.25) is 57.6 Å². The Morgan fingerprint density at radius 3 is 2.04 bits per heavy atom. The Balaban J connectivity index is 1.19. The first-order valence-electron chi connectivity index (χ1n) is 30.5. The lowest BCUT2D eigenvalue weighted by molar-refractivity contribution is -0.137. The van der Waals surface area contributed by atoms with E-state index in [-0.39, 0.29) is 77.2 Å². The van der Waals surface area contributed by atoms with Gasteiger partial charge in [0, 0.05) is 131 Å². The van der Waals surface area contributed by atoms with Crippen LogP contribution in [-0.2, 0) is 51.9 Å². The lowest BCUT2D eigenvalue weighted by atomic mass is 9.55. The summed E-state index contributed by atoms with van der Waals surface area (Å²) in [5.74, 6) is -7.88. The van der Waals surface area contributed by atoms with E-state index in [1.54, 1.807) is 18.4 Å². The number of carboxylic acid groups (broad SMARTS) is 1. The molecule has 90 heavy (non-hydrogen) atoms. The highest BCUT2D eigenvalue weighted by Gasteiger charge is 2.66. The standard InChI is InChI=1S/C62H89N12O15P/c1-29-20-39-40(21-30(29)2)74(28-69-39)57-52(84)53(41(27-75)87-57)89-90(85,86)88-31(3)26-68-48(81)18-19-59(8)37(22-45(65)78)56-62(11)61(10,25-47(67)80)36(13-16-44(64)77)51(73-62)33(5)55-60(9,24-46(66)79)34(12-15-43(63)76)38(70-55)23-42-58(6,7)35(14-17-49(82)83)50(71-42)32(4)54(59)72-56/h20-21,23,28,31,34-37,41,52-53,56-57,70,75,84H,12-19,22,24-27H2,1-11H3,(H2,63,76)(H2,64,77)(H2,65,78)(H2,66,79)(H2,67,80)(H,68,81)(H,82,83)(H,85,86)/b38-23?,50-32?,55-33-. The molecule has 1 aromatic heterocycles. The number of benzene rings is 1. The fraction of sp³-hybridized carbons (Fsp3) is 0.629. The Bertz CT molecular complexity index is 3540. The highest BCUT2D eigenvalue weighted by atomic mass is 31.2. The van der Waals surface area contributed by atoms with Crippen molar-refractivity contribution in [3.63, 3.8) is 0 Å². The molecule has 1 aromatic carbocycles. The Morgan fingerprint density at radius 2 is 1.44 bits per heavy atom. The van der Waals surface area contributed by atoms with Gasteiger partial charge in [0.25, 0.3) is 0 Å². The number of hydrogen-bond acceptors (Lipinski definition) is 18. The number of hydrogen-bond donors (Lipinski definition) is 11. The van der Waals surface area contributed by atoms with Crippen LogP contribution in [-0.4, -0.2) is 137 Å². The van der Waals surface area contributed by atoms with Crippen molar-refractivity contribution in [2.24, 2.45) is 89.0 Å². The molecule has 2 aromatic rings. The number of nitrogens with one attached hydrogen (secondary N) is 2. The van der Waals surface area contributed by atoms with E-state index in [0.717, 1.165) is 11.1 Å². The van der Waals surface area contributed by atoms with Crippen LogP contribution in [0, 0.1) is 59.2 Å². The number of phosphoric ester groups is 1. The topological polar surface area (TPSA) is 454 Å². The maximum absolute atomic E-state index is 14.4. The summed E-state index contributed by atoms with van der Waals surface area (Å²) in [5, 5.41) is 38.4. The van der Waals surface area contributed by atoms with E-state index in [9.17, 15) is 58.3 Å². The number of fused-ring (bicyclic) bond motifs is 7. The molecule has 28 heteroatoms. The van der Waals surface area contributed by atoms with Crippen LogP contribution < -0.4 is 39.3 Å². The van der Waals surface area contributed by atoms with Crippen LogP contribution in [0.3, 0.4) is 0 Å². The second-order valence-corrected chi connectivity index (χ2v) is 28.4. The second-order valence-electron chi connectivity index (χ2n) is 27.0. The molecule has 0 saturated carbocycles. The molecule has 16 N–H and O–H groups in total. The molecular weight excluding hydrogens is 1180 g/mol. The van der Waals surface area contributed by atoms with Crippen molar-refractivity contribution in [3.05, 3.63) is 63.9 Å². The number of aliphatic carboxylic acids is 1. The summed E-state index contributed by atoms with van der Waals surface area (Å²) in [6.45, 7) is 19.0. The van der Waals surface area contributed by atoms with Crippen LogP contribution >= 0.6 is 7.82 Å². The summed E-state index contributed by atoms with van der Waals surface area (Å²) in [4.78, 5) is 125. The number of aryl methyl sites for hydroxylation is 2. The number of primary amides is 5. The highest BCUT2D eigenvalue weighted by Crippen LogP contribution is 2.63. The van der Waals surface area contributed by atoms with Gasteiger partial charge in [-0.2, -0.15) is 0 Å². The van der Waals surface area contributed by atoms with Gasteiger partial charge in [0.15, 0.2) is 6.23 Å². The predicted octanol–water partition coefficient (Wildman–Crippen LogP) is 3.76. The number of carbonyl (C=O) groups is 7. The van der Waals surface area contributed by atoms with Gasteiger partial charge in [0.2, 0.25) is 35.4 Å². The molecule has 2 saturated heterocycles. The third kappa shape index (κ3) is 13.0. The molecule has 8 rings (SSSR count). The van der Waals surface area contributed by atoms with E-state index in [1.807, 2.05) is 73.6 Å². The normalized spacial score (nSPS) is 32.8. The molecule has 7 heterocycles. The number of amides is 6. The Morgan fingerprint density at radius 1 is 0.822 bits per heavy atom. The van der Waals surface area contributed by atoms with Crippen molar-refractivity contribution in [1.29, 1.82) is 0 Å². The SMILES string of the molecule is CC1=C2N=C(C=C3N/C(=C(/C)C4=NC(C)(C5N=C1C(C)(CCC(=O)NCC(C)OP(=O)(O)OC1C(CO)OC(n6cnc7cc(C)c(C)cc76)C1O)C5CC(N)=O)C(C)(CC(N)=O)C4CCC(N)=O)C(C)(CC(N)=O)C3CCC(N)=O)C(C)(C)C2CCC(=O)O. The number of phosphoric acid groups is 1. The van der Waals surface area contributed by atoms with Gasteiger partial charge in [-0.05, 0) is 108 Å². The number of aromatic nitrogens is 2. The number of nitrogens with zero attached hydrogens (tertiary/aromatic N) is 5. The van der Waals surface area contributed by atoms with Gasteiger partial charge in [0.1, 0.15) is 18.3 Å². The molecule has 6 aliphatic rings. The molecular formula is C62H89N12O15P. The molecule has 0 aliphatic carbocycles. The van der Waals surface area contributed by atoms with Gasteiger partial charge in [-0.25, -0.2) is 9.55 Å². The number of carboxylic acids is 1.